The van der Waals surface area contributed by atoms with Crippen LogP contribution in [-0.2, 0) is 23.8 Å². The molecule has 0 saturated heterocycles. The summed E-state index contributed by atoms with van der Waals surface area (Å²) in [5.41, 5.74) is 0.584. The summed E-state index contributed by atoms with van der Waals surface area (Å²) in [5.74, 6) is -0.881. The maximum atomic E-state index is 12.7. The van der Waals surface area contributed by atoms with Crippen LogP contribution < -0.4 is 4.74 Å². The summed E-state index contributed by atoms with van der Waals surface area (Å²) in [5, 5.41) is 18.2. The Morgan fingerprint density at radius 1 is 1.19 bits per heavy atom. The monoisotopic (exact) mass is 402 g/mol. The maximum Gasteiger partial charge on any atom is 0.416 e. The lowest BCUT2D eigenvalue weighted by atomic mass is 9.98. The first-order chi connectivity index (χ1) is 12.6. The molecule has 0 aliphatic rings. The molecule has 27 heavy (non-hydrogen) atoms. The van der Waals surface area contributed by atoms with Gasteiger partial charge in [-0.3, -0.25) is 0 Å². The quantitative estimate of drug-likeness (QED) is 0.676. The lowest BCUT2D eigenvalue weighted by Crippen LogP contribution is -2.22. The minimum Gasteiger partial charge on any atom is -0.479 e. The highest BCUT2D eigenvalue weighted by Crippen LogP contribution is 2.36. The highest BCUT2D eigenvalue weighted by atomic mass is 35.5. The van der Waals surface area contributed by atoms with Crippen molar-refractivity contribution in [2.24, 2.45) is 0 Å². The Morgan fingerprint density at radius 3 is 2.44 bits per heavy atom. The highest BCUT2D eigenvalue weighted by molar-refractivity contribution is 6.32. The van der Waals surface area contributed by atoms with Gasteiger partial charge >= 0.3 is 12.1 Å². The predicted molar refractivity (Wildman–Crippen MR) is 94.3 cm³/mol. The molecule has 146 valence electrons. The van der Waals surface area contributed by atoms with Crippen molar-refractivity contribution < 1.29 is 32.9 Å². The topological polar surface area (TPSA) is 66.8 Å². The third-order valence-electron chi connectivity index (χ3n) is 3.88. The van der Waals surface area contributed by atoms with E-state index < -0.39 is 23.8 Å². The average molecular weight is 403 g/mol. The van der Waals surface area contributed by atoms with Crippen molar-refractivity contribution >= 4 is 17.6 Å². The van der Waals surface area contributed by atoms with Crippen LogP contribution in [0.2, 0.25) is 5.02 Å². The first-order valence-corrected chi connectivity index (χ1v) is 8.57. The molecular formula is C19H18ClF3O4. The van der Waals surface area contributed by atoms with Crippen LogP contribution in [-0.4, -0.2) is 22.3 Å². The molecule has 1 atom stereocenters. The van der Waals surface area contributed by atoms with Crippen LogP contribution in [0.25, 0.3) is 0 Å². The maximum absolute atomic E-state index is 12.7. The molecule has 2 aromatic rings. The molecule has 4 nitrogen and oxygen atoms in total. The van der Waals surface area contributed by atoms with Gasteiger partial charge in [0, 0.05) is 6.42 Å². The van der Waals surface area contributed by atoms with Crippen molar-refractivity contribution in [3.63, 3.8) is 0 Å². The fourth-order valence-electron chi connectivity index (χ4n) is 2.55. The van der Waals surface area contributed by atoms with Crippen molar-refractivity contribution in [3.05, 3.63) is 58.1 Å². The first-order valence-electron chi connectivity index (χ1n) is 8.19. The minimum atomic E-state index is -4.50. The summed E-state index contributed by atoms with van der Waals surface area (Å²) in [7, 11) is 0. The molecule has 0 bridgehead atoms. The molecule has 1 unspecified atom stereocenters. The van der Waals surface area contributed by atoms with E-state index in [0.717, 1.165) is 30.2 Å². The number of aliphatic hydroxyl groups is 1. The Kier molecular flexibility index (Phi) is 6.73. The molecule has 0 fully saturated rings. The molecule has 0 heterocycles. The van der Waals surface area contributed by atoms with Crippen LogP contribution in [0.4, 0.5) is 13.2 Å². The van der Waals surface area contributed by atoms with E-state index in [2.05, 4.69) is 0 Å². The third kappa shape index (κ3) is 5.61. The number of ether oxygens (including phenoxy) is 1. The van der Waals surface area contributed by atoms with Crippen LogP contribution >= 0.6 is 11.6 Å². The molecule has 0 amide bonds. The third-order valence-corrected chi connectivity index (χ3v) is 4.18. The lowest BCUT2D eigenvalue weighted by molar-refractivity contribution is -0.146. The number of hydrogen-bond acceptors (Lipinski definition) is 3. The summed E-state index contributed by atoms with van der Waals surface area (Å²) >= 11 is 5.90. The van der Waals surface area contributed by atoms with Crippen molar-refractivity contribution in [3.8, 4) is 11.5 Å². The Morgan fingerprint density at radius 2 is 1.89 bits per heavy atom. The van der Waals surface area contributed by atoms with E-state index in [-0.39, 0.29) is 17.2 Å². The van der Waals surface area contributed by atoms with Crippen molar-refractivity contribution in [2.75, 3.05) is 0 Å². The van der Waals surface area contributed by atoms with Gasteiger partial charge in [0.25, 0.3) is 0 Å². The van der Waals surface area contributed by atoms with Crippen molar-refractivity contribution in [1.82, 2.24) is 0 Å². The van der Waals surface area contributed by atoms with Gasteiger partial charge < -0.3 is 14.9 Å². The van der Waals surface area contributed by atoms with E-state index >= 15 is 0 Å². The second-order valence-corrected chi connectivity index (χ2v) is 6.39. The van der Waals surface area contributed by atoms with Crippen LogP contribution in [0.5, 0.6) is 11.5 Å². The molecule has 8 heteroatoms. The predicted octanol–water partition coefficient (Wildman–Crippen LogP) is 5.09. The molecule has 2 rings (SSSR count). The Bertz CT molecular complexity index is 821. The number of aliphatic carboxylic acids is 1. The number of rotatable bonds is 7. The van der Waals surface area contributed by atoms with E-state index in [0.29, 0.717) is 17.7 Å². The number of hydrogen-bond donors (Lipinski definition) is 2. The number of carboxylic acids is 1. The van der Waals surface area contributed by atoms with Crippen LogP contribution in [0.15, 0.2) is 36.4 Å². The van der Waals surface area contributed by atoms with E-state index in [4.69, 9.17) is 21.4 Å². The second-order valence-electron chi connectivity index (χ2n) is 5.98. The van der Waals surface area contributed by atoms with Gasteiger partial charge in [-0.1, -0.05) is 31.0 Å². The van der Waals surface area contributed by atoms with E-state index in [9.17, 15) is 23.1 Å². The van der Waals surface area contributed by atoms with Gasteiger partial charge in [-0.2, -0.15) is 13.2 Å². The van der Waals surface area contributed by atoms with Gasteiger partial charge in [0.2, 0.25) is 0 Å². The SMILES string of the molecule is CCCc1cc(Oc2ccc(C(F)(F)F)cc2Cl)ccc1CC(O)C(=O)O. The number of aryl methyl sites for hydroxylation is 1. The number of halogens is 4. The van der Waals surface area contributed by atoms with Gasteiger partial charge in [0.1, 0.15) is 11.5 Å². The van der Waals surface area contributed by atoms with Gasteiger partial charge in [-0.15, -0.1) is 0 Å². The lowest BCUT2D eigenvalue weighted by Gasteiger charge is -2.15. The number of benzene rings is 2. The van der Waals surface area contributed by atoms with Crippen molar-refractivity contribution in [2.45, 2.75) is 38.5 Å². The molecule has 0 aliphatic carbocycles. The molecule has 0 spiro atoms. The smallest absolute Gasteiger partial charge is 0.416 e. The fourth-order valence-corrected chi connectivity index (χ4v) is 2.77. The van der Waals surface area contributed by atoms with E-state index in [1.165, 1.54) is 0 Å². The zero-order chi connectivity index (χ0) is 20.2. The number of carboxylic acid groups (broad SMARTS) is 1. The number of carbonyl (C=O) groups is 1. The molecular weight excluding hydrogens is 385 g/mol. The summed E-state index contributed by atoms with van der Waals surface area (Å²) in [4.78, 5) is 10.8. The molecule has 0 aliphatic heterocycles. The second kappa shape index (κ2) is 8.63. The van der Waals surface area contributed by atoms with Gasteiger partial charge in [-0.25, -0.2) is 4.79 Å². The summed E-state index contributed by atoms with van der Waals surface area (Å²) in [6.07, 6.45) is -4.66. The average Bonchev–Trinajstić information content (AvgIpc) is 2.58. The fraction of sp³-hybridized carbons (Fsp3) is 0.316. The van der Waals surface area contributed by atoms with E-state index in [1.807, 2.05) is 6.92 Å². The number of aliphatic hydroxyl groups excluding tert-OH is 1. The highest BCUT2D eigenvalue weighted by Gasteiger charge is 2.31. The molecule has 0 radical (unpaired) electrons. The van der Waals surface area contributed by atoms with Gasteiger partial charge in [0.05, 0.1) is 10.6 Å². The Labute approximate surface area is 159 Å². The largest absolute Gasteiger partial charge is 0.479 e. The summed E-state index contributed by atoms with van der Waals surface area (Å²) in [6.45, 7) is 1.94. The normalized spacial score (nSPS) is 12.7. The molecule has 2 aromatic carbocycles. The summed E-state index contributed by atoms with van der Waals surface area (Å²) < 4.78 is 43.7. The Hall–Kier alpha value is -2.25. The van der Waals surface area contributed by atoms with Crippen LogP contribution in [0, 0.1) is 0 Å². The minimum absolute atomic E-state index is 0.0496. The number of alkyl halides is 3. The van der Waals surface area contributed by atoms with Crippen molar-refractivity contribution in [1.29, 1.82) is 0 Å². The first kappa shape index (κ1) is 21.1. The molecule has 0 aromatic heterocycles. The van der Waals surface area contributed by atoms with Crippen LogP contribution in [0.1, 0.15) is 30.0 Å². The van der Waals surface area contributed by atoms with E-state index in [1.54, 1.807) is 18.2 Å². The standard InChI is InChI=1S/C19H18ClF3O4/c1-2-3-11-8-14(6-4-12(11)9-16(24)18(25)26)27-17-7-5-13(10-15(17)20)19(21,22)23/h4-8,10,16,24H,2-3,9H2,1H3,(H,25,26). The Balaban J connectivity index is 2.26. The molecule has 2 N–H and O–H groups in total. The van der Waals surface area contributed by atoms with Gasteiger partial charge in [-0.05, 0) is 47.9 Å². The molecule has 0 saturated carbocycles. The van der Waals surface area contributed by atoms with Crippen LogP contribution in [0.3, 0.4) is 0 Å². The van der Waals surface area contributed by atoms with Gasteiger partial charge in [0.15, 0.2) is 6.10 Å². The zero-order valence-electron chi connectivity index (χ0n) is 14.4. The summed E-state index contributed by atoms with van der Waals surface area (Å²) in [6, 6.07) is 7.67. The zero-order valence-corrected chi connectivity index (χ0v) is 15.1.